The highest BCUT2D eigenvalue weighted by atomic mass is 35.5. The third-order valence-corrected chi connectivity index (χ3v) is 3.04. The maximum atomic E-state index is 11.9. The lowest BCUT2D eigenvalue weighted by molar-refractivity contribution is -0.136. The Morgan fingerprint density at radius 2 is 1.96 bits per heavy atom. The Bertz CT molecular complexity index is 725. The smallest absolute Gasteiger partial charge is 0.349 e. The summed E-state index contributed by atoms with van der Waals surface area (Å²) in [7, 11) is 0. The van der Waals surface area contributed by atoms with Gasteiger partial charge in [0.25, 0.3) is 0 Å². The molecule has 0 unspecified atom stereocenters. The monoisotopic (exact) mass is 331 g/mol. The van der Waals surface area contributed by atoms with Crippen molar-refractivity contribution in [2.24, 2.45) is 0 Å². The number of esters is 1. The van der Waals surface area contributed by atoms with Crippen LogP contribution in [0.15, 0.2) is 42.5 Å². The van der Waals surface area contributed by atoms with Crippen molar-refractivity contribution in [1.82, 2.24) is 0 Å². The van der Waals surface area contributed by atoms with E-state index in [1.54, 1.807) is 31.2 Å². The Morgan fingerprint density at radius 3 is 2.61 bits per heavy atom. The summed E-state index contributed by atoms with van der Waals surface area (Å²) < 4.78 is 15.9. The average molecular weight is 332 g/mol. The molecule has 118 valence electrons. The molecule has 2 rings (SSSR count). The van der Waals surface area contributed by atoms with Gasteiger partial charge in [-0.15, -0.1) is 0 Å². The van der Waals surface area contributed by atoms with E-state index < -0.39 is 5.97 Å². The Morgan fingerprint density at radius 1 is 1.22 bits per heavy atom. The number of ether oxygens (including phenoxy) is 3. The van der Waals surface area contributed by atoms with Crippen LogP contribution in [-0.4, -0.2) is 19.2 Å². The number of benzene rings is 2. The van der Waals surface area contributed by atoms with E-state index in [1.165, 1.54) is 12.1 Å². The molecule has 0 aliphatic heterocycles. The molecule has 0 N–H and O–H groups in total. The molecule has 0 radical (unpaired) electrons. The van der Waals surface area contributed by atoms with Crippen LogP contribution in [-0.2, 0) is 4.79 Å². The molecule has 2 aromatic carbocycles. The van der Waals surface area contributed by atoms with Crippen LogP contribution in [0, 0.1) is 11.3 Å². The SMILES string of the molecule is CCOc1cc(C#N)cc(Cl)c1OC(=O)COc1ccccc1. The number of para-hydroxylation sites is 1. The molecule has 0 aliphatic rings. The first-order valence-corrected chi connectivity index (χ1v) is 7.26. The van der Waals surface area contributed by atoms with Crippen LogP contribution < -0.4 is 14.2 Å². The number of hydrogen-bond acceptors (Lipinski definition) is 5. The number of nitriles is 1. The van der Waals surface area contributed by atoms with Crippen molar-refractivity contribution in [2.75, 3.05) is 13.2 Å². The molecular weight excluding hydrogens is 318 g/mol. The predicted octanol–water partition coefficient (Wildman–Crippen LogP) is 3.59. The molecule has 5 nitrogen and oxygen atoms in total. The van der Waals surface area contributed by atoms with Gasteiger partial charge < -0.3 is 14.2 Å². The first-order valence-electron chi connectivity index (χ1n) is 6.89. The van der Waals surface area contributed by atoms with Gasteiger partial charge in [0.05, 0.1) is 23.3 Å². The fourth-order valence-electron chi connectivity index (χ4n) is 1.80. The summed E-state index contributed by atoms with van der Waals surface area (Å²) in [5.41, 5.74) is 0.318. The molecule has 0 saturated heterocycles. The number of hydrogen-bond donors (Lipinski definition) is 0. The molecule has 0 fully saturated rings. The van der Waals surface area contributed by atoms with Crippen LogP contribution in [0.25, 0.3) is 0 Å². The number of rotatable bonds is 6. The van der Waals surface area contributed by atoms with Gasteiger partial charge in [-0.05, 0) is 25.1 Å². The molecule has 2 aromatic rings. The van der Waals surface area contributed by atoms with E-state index in [0.717, 1.165) is 0 Å². The van der Waals surface area contributed by atoms with Crippen molar-refractivity contribution >= 4 is 17.6 Å². The van der Waals surface area contributed by atoms with E-state index >= 15 is 0 Å². The zero-order valence-corrected chi connectivity index (χ0v) is 13.2. The van der Waals surface area contributed by atoms with E-state index in [2.05, 4.69) is 0 Å². The summed E-state index contributed by atoms with van der Waals surface area (Å²) in [4.78, 5) is 11.9. The Balaban J connectivity index is 2.09. The highest BCUT2D eigenvalue weighted by Crippen LogP contribution is 2.36. The summed E-state index contributed by atoms with van der Waals surface area (Å²) in [5, 5.41) is 9.07. The quantitative estimate of drug-likeness (QED) is 0.597. The van der Waals surface area contributed by atoms with Crippen molar-refractivity contribution < 1.29 is 19.0 Å². The standard InChI is InChI=1S/C17H14ClNO4/c1-2-21-15-9-12(10-19)8-14(18)17(15)23-16(20)11-22-13-6-4-3-5-7-13/h3-9H,2,11H2,1H3. The molecular formula is C17H14ClNO4. The number of nitrogens with zero attached hydrogens (tertiary/aromatic N) is 1. The van der Waals surface area contributed by atoms with Gasteiger partial charge in [-0.2, -0.15) is 5.26 Å². The summed E-state index contributed by atoms with van der Waals surface area (Å²) in [6.45, 7) is 1.85. The summed E-state index contributed by atoms with van der Waals surface area (Å²) in [6, 6.07) is 13.7. The Hall–Kier alpha value is -2.71. The van der Waals surface area contributed by atoms with E-state index in [4.69, 9.17) is 31.1 Å². The van der Waals surface area contributed by atoms with Gasteiger partial charge in [-0.1, -0.05) is 29.8 Å². The lowest BCUT2D eigenvalue weighted by Gasteiger charge is -2.13. The summed E-state index contributed by atoms with van der Waals surface area (Å²) in [5.74, 6) is 0.251. The van der Waals surface area contributed by atoms with Gasteiger partial charge >= 0.3 is 5.97 Å². The topological polar surface area (TPSA) is 68.5 Å². The van der Waals surface area contributed by atoms with Crippen molar-refractivity contribution in [3.05, 3.63) is 53.1 Å². The molecule has 0 amide bonds. The first kappa shape index (κ1) is 16.7. The Kier molecular flexibility index (Phi) is 5.84. The zero-order chi connectivity index (χ0) is 16.7. The van der Waals surface area contributed by atoms with E-state index in [1.807, 2.05) is 12.1 Å². The van der Waals surface area contributed by atoms with Gasteiger partial charge in [-0.3, -0.25) is 0 Å². The van der Waals surface area contributed by atoms with E-state index in [0.29, 0.717) is 17.9 Å². The maximum absolute atomic E-state index is 11.9. The lowest BCUT2D eigenvalue weighted by atomic mass is 10.2. The Labute approximate surface area is 139 Å². The van der Waals surface area contributed by atoms with Crippen molar-refractivity contribution in [2.45, 2.75) is 6.92 Å². The highest BCUT2D eigenvalue weighted by Gasteiger charge is 2.17. The minimum absolute atomic E-state index is 0.0779. The maximum Gasteiger partial charge on any atom is 0.349 e. The van der Waals surface area contributed by atoms with Crippen LogP contribution in [0.1, 0.15) is 12.5 Å². The molecule has 0 spiro atoms. The highest BCUT2D eigenvalue weighted by molar-refractivity contribution is 6.32. The van der Waals surface area contributed by atoms with Gasteiger partial charge in [0.2, 0.25) is 0 Å². The minimum Gasteiger partial charge on any atom is -0.490 e. The molecule has 0 bridgehead atoms. The second kappa shape index (κ2) is 8.06. The first-order chi connectivity index (χ1) is 11.1. The van der Waals surface area contributed by atoms with Crippen LogP contribution >= 0.6 is 11.6 Å². The average Bonchev–Trinajstić information content (AvgIpc) is 2.57. The number of carbonyl (C=O) groups excluding carboxylic acids is 1. The van der Waals surface area contributed by atoms with Crippen molar-refractivity contribution in [3.63, 3.8) is 0 Å². The molecule has 6 heteroatoms. The normalized spacial score (nSPS) is 9.78. The van der Waals surface area contributed by atoms with Crippen molar-refractivity contribution in [1.29, 1.82) is 5.26 Å². The van der Waals surface area contributed by atoms with Gasteiger partial charge in [0, 0.05) is 6.07 Å². The second-order valence-corrected chi connectivity index (χ2v) is 4.81. The fraction of sp³-hybridized carbons (Fsp3) is 0.176. The molecule has 0 heterocycles. The van der Waals surface area contributed by atoms with E-state index in [9.17, 15) is 4.79 Å². The summed E-state index contributed by atoms with van der Waals surface area (Å²) >= 11 is 6.06. The largest absolute Gasteiger partial charge is 0.490 e. The lowest BCUT2D eigenvalue weighted by Crippen LogP contribution is -2.18. The van der Waals surface area contributed by atoms with Crippen LogP contribution in [0.5, 0.6) is 17.2 Å². The fourth-order valence-corrected chi connectivity index (χ4v) is 2.05. The minimum atomic E-state index is -0.624. The third kappa shape index (κ3) is 4.63. The van der Waals surface area contributed by atoms with Crippen LogP contribution in [0.4, 0.5) is 0 Å². The predicted molar refractivity (Wildman–Crippen MR) is 84.9 cm³/mol. The van der Waals surface area contributed by atoms with Gasteiger partial charge in [0.1, 0.15) is 5.75 Å². The van der Waals surface area contributed by atoms with E-state index in [-0.39, 0.29) is 23.1 Å². The van der Waals surface area contributed by atoms with Crippen LogP contribution in [0.3, 0.4) is 0 Å². The molecule has 0 saturated carbocycles. The van der Waals surface area contributed by atoms with Crippen molar-refractivity contribution in [3.8, 4) is 23.3 Å². The van der Waals surface area contributed by atoms with Crippen LogP contribution in [0.2, 0.25) is 5.02 Å². The van der Waals surface area contributed by atoms with Gasteiger partial charge in [0.15, 0.2) is 18.1 Å². The molecule has 23 heavy (non-hydrogen) atoms. The second-order valence-electron chi connectivity index (χ2n) is 4.41. The zero-order valence-electron chi connectivity index (χ0n) is 12.4. The molecule has 0 atom stereocenters. The third-order valence-electron chi connectivity index (χ3n) is 2.75. The molecule has 0 aliphatic carbocycles. The number of halogens is 1. The van der Waals surface area contributed by atoms with Gasteiger partial charge in [-0.25, -0.2) is 4.79 Å². The number of carbonyl (C=O) groups is 1. The molecule has 0 aromatic heterocycles. The summed E-state index contributed by atoms with van der Waals surface area (Å²) in [6.07, 6.45) is 0.